The second-order valence-corrected chi connectivity index (χ2v) is 7.87. The number of hydrogen-bond donors (Lipinski definition) is 1. The van der Waals surface area contributed by atoms with Gasteiger partial charge in [0.1, 0.15) is 0 Å². The Labute approximate surface area is 129 Å². The van der Waals surface area contributed by atoms with Gasteiger partial charge in [-0.25, -0.2) is 8.42 Å². The lowest BCUT2D eigenvalue weighted by atomic mass is 10.0. The summed E-state index contributed by atoms with van der Waals surface area (Å²) in [4.78, 5) is 12.1. The van der Waals surface area contributed by atoms with Crippen LogP contribution in [0.25, 0.3) is 0 Å². The molecule has 1 aliphatic rings. The molecule has 1 N–H and O–H groups in total. The first-order chi connectivity index (χ1) is 9.77. The second-order valence-electron chi connectivity index (χ2n) is 5.31. The average Bonchev–Trinajstić information content (AvgIpc) is 2.79. The molecule has 1 amide bonds. The zero-order valence-corrected chi connectivity index (χ0v) is 13.5. The van der Waals surface area contributed by atoms with Crippen molar-refractivity contribution in [2.24, 2.45) is 5.92 Å². The van der Waals surface area contributed by atoms with Gasteiger partial charge in [-0.15, -0.1) is 0 Å². The van der Waals surface area contributed by atoms with Crippen LogP contribution in [0.15, 0.2) is 23.1 Å². The molecule has 0 aromatic heterocycles. The van der Waals surface area contributed by atoms with E-state index in [4.69, 9.17) is 15.4 Å². The standard InChI is InChI=1S/C14H18ClNO4S/c1-9-5-12(7-13(6-9)21(15,18)19)14(17)16-8-11-3-4-20-10(11)2/h5-7,10-11H,3-4,8H2,1-2H3,(H,16,17). The zero-order chi connectivity index (χ0) is 15.6. The molecular weight excluding hydrogens is 314 g/mol. The highest BCUT2D eigenvalue weighted by atomic mass is 35.7. The first-order valence-corrected chi connectivity index (χ1v) is 9.04. The Morgan fingerprint density at radius 1 is 1.43 bits per heavy atom. The largest absolute Gasteiger partial charge is 0.378 e. The second kappa shape index (κ2) is 6.34. The van der Waals surface area contributed by atoms with Crippen molar-refractivity contribution in [2.75, 3.05) is 13.2 Å². The minimum absolute atomic E-state index is 0.0631. The van der Waals surface area contributed by atoms with Gasteiger partial charge in [-0.2, -0.15) is 0 Å². The van der Waals surface area contributed by atoms with Crippen LogP contribution in [-0.4, -0.2) is 33.6 Å². The van der Waals surface area contributed by atoms with Crippen LogP contribution in [0.5, 0.6) is 0 Å². The minimum Gasteiger partial charge on any atom is -0.378 e. The summed E-state index contributed by atoms with van der Waals surface area (Å²) in [5.41, 5.74) is 0.959. The number of ether oxygens (including phenoxy) is 1. The number of nitrogens with one attached hydrogen (secondary N) is 1. The molecule has 5 nitrogen and oxygen atoms in total. The van der Waals surface area contributed by atoms with E-state index in [-0.39, 0.29) is 22.8 Å². The van der Waals surface area contributed by atoms with Crippen LogP contribution < -0.4 is 5.32 Å². The van der Waals surface area contributed by atoms with E-state index in [1.807, 2.05) is 6.92 Å². The Balaban J connectivity index is 2.10. The van der Waals surface area contributed by atoms with E-state index in [2.05, 4.69) is 5.32 Å². The van der Waals surface area contributed by atoms with Crippen molar-refractivity contribution in [3.63, 3.8) is 0 Å². The molecule has 0 aliphatic carbocycles. The highest BCUT2D eigenvalue weighted by Gasteiger charge is 2.24. The molecule has 1 fully saturated rings. The van der Waals surface area contributed by atoms with Crippen LogP contribution in [0.1, 0.15) is 29.3 Å². The normalized spacial score (nSPS) is 22.2. The Kier molecular flexibility index (Phi) is 4.91. The Bertz CT molecular complexity index is 644. The van der Waals surface area contributed by atoms with Crippen LogP contribution in [-0.2, 0) is 13.8 Å². The third-order valence-electron chi connectivity index (χ3n) is 3.65. The van der Waals surface area contributed by atoms with Crippen molar-refractivity contribution >= 4 is 25.6 Å². The van der Waals surface area contributed by atoms with Gasteiger partial charge < -0.3 is 10.1 Å². The molecule has 116 valence electrons. The van der Waals surface area contributed by atoms with E-state index in [9.17, 15) is 13.2 Å². The maximum atomic E-state index is 12.1. The highest BCUT2D eigenvalue weighted by Crippen LogP contribution is 2.21. The highest BCUT2D eigenvalue weighted by molar-refractivity contribution is 8.13. The summed E-state index contributed by atoms with van der Waals surface area (Å²) >= 11 is 0. The van der Waals surface area contributed by atoms with Gasteiger partial charge in [0.15, 0.2) is 0 Å². The number of rotatable bonds is 4. The summed E-state index contributed by atoms with van der Waals surface area (Å²) in [6, 6.07) is 4.36. The predicted octanol–water partition coefficient (Wildman–Crippen LogP) is 2.08. The number of carbonyl (C=O) groups is 1. The zero-order valence-electron chi connectivity index (χ0n) is 11.9. The Hall–Kier alpha value is -1.11. The van der Waals surface area contributed by atoms with Crippen molar-refractivity contribution in [3.05, 3.63) is 29.3 Å². The maximum absolute atomic E-state index is 12.1. The number of amides is 1. The molecule has 1 aliphatic heterocycles. The van der Waals surface area contributed by atoms with Gasteiger partial charge in [-0.3, -0.25) is 4.79 Å². The molecule has 1 saturated heterocycles. The lowest BCUT2D eigenvalue weighted by Gasteiger charge is -2.15. The van der Waals surface area contributed by atoms with Gasteiger partial charge in [0, 0.05) is 35.3 Å². The van der Waals surface area contributed by atoms with Gasteiger partial charge >= 0.3 is 0 Å². The molecule has 21 heavy (non-hydrogen) atoms. The van der Waals surface area contributed by atoms with Crippen molar-refractivity contribution in [1.82, 2.24) is 5.32 Å². The maximum Gasteiger partial charge on any atom is 0.261 e. The number of hydrogen-bond acceptors (Lipinski definition) is 4. The molecular formula is C14H18ClNO4S. The number of carbonyl (C=O) groups excluding carboxylic acids is 1. The SMILES string of the molecule is Cc1cc(C(=O)NCC2CCOC2C)cc(S(=O)(=O)Cl)c1. The monoisotopic (exact) mass is 331 g/mol. The number of benzene rings is 1. The number of halogens is 1. The summed E-state index contributed by atoms with van der Waals surface area (Å²) < 4.78 is 28.2. The third kappa shape index (κ3) is 4.18. The lowest BCUT2D eigenvalue weighted by molar-refractivity contribution is 0.0907. The predicted molar refractivity (Wildman–Crippen MR) is 80.1 cm³/mol. The summed E-state index contributed by atoms with van der Waals surface area (Å²) in [5.74, 6) is -0.0191. The summed E-state index contributed by atoms with van der Waals surface area (Å²) in [7, 11) is 1.48. The van der Waals surface area contributed by atoms with Crippen LogP contribution >= 0.6 is 10.7 Å². The molecule has 2 rings (SSSR count). The topological polar surface area (TPSA) is 72.5 Å². The first-order valence-electron chi connectivity index (χ1n) is 6.73. The van der Waals surface area contributed by atoms with Crippen LogP contribution in [0.2, 0.25) is 0 Å². The molecule has 1 heterocycles. The van der Waals surface area contributed by atoms with Crippen molar-refractivity contribution in [3.8, 4) is 0 Å². The lowest BCUT2D eigenvalue weighted by Crippen LogP contribution is -2.32. The van der Waals surface area contributed by atoms with E-state index in [0.29, 0.717) is 24.3 Å². The van der Waals surface area contributed by atoms with E-state index < -0.39 is 9.05 Å². The molecule has 2 atom stereocenters. The van der Waals surface area contributed by atoms with Crippen molar-refractivity contribution in [2.45, 2.75) is 31.3 Å². The summed E-state index contributed by atoms with van der Waals surface area (Å²) in [5, 5.41) is 2.82. The average molecular weight is 332 g/mol. The van der Waals surface area contributed by atoms with Gasteiger partial charge in [-0.1, -0.05) is 0 Å². The number of aryl methyl sites for hydroxylation is 1. The fourth-order valence-electron chi connectivity index (χ4n) is 2.39. The molecule has 2 unspecified atom stereocenters. The van der Waals surface area contributed by atoms with Crippen molar-refractivity contribution in [1.29, 1.82) is 0 Å². The first kappa shape index (κ1) is 16.3. The molecule has 0 bridgehead atoms. The molecule has 1 aromatic carbocycles. The Morgan fingerprint density at radius 2 is 2.14 bits per heavy atom. The molecule has 0 radical (unpaired) electrons. The van der Waals surface area contributed by atoms with Crippen LogP contribution in [0, 0.1) is 12.8 Å². The van der Waals surface area contributed by atoms with Crippen LogP contribution in [0.4, 0.5) is 0 Å². The summed E-state index contributed by atoms with van der Waals surface area (Å²) in [6.45, 7) is 4.92. The van der Waals surface area contributed by atoms with Gasteiger partial charge in [-0.05, 0) is 44.0 Å². The Morgan fingerprint density at radius 3 is 2.71 bits per heavy atom. The quantitative estimate of drug-likeness (QED) is 0.857. The smallest absolute Gasteiger partial charge is 0.261 e. The van der Waals surface area contributed by atoms with Gasteiger partial charge in [0.05, 0.1) is 11.0 Å². The van der Waals surface area contributed by atoms with Crippen LogP contribution in [0.3, 0.4) is 0 Å². The van der Waals surface area contributed by atoms with Gasteiger partial charge in [0.25, 0.3) is 15.0 Å². The van der Waals surface area contributed by atoms with E-state index in [1.165, 1.54) is 12.1 Å². The minimum atomic E-state index is -3.85. The van der Waals surface area contributed by atoms with Gasteiger partial charge in [0.2, 0.25) is 0 Å². The van der Waals surface area contributed by atoms with E-state index >= 15 is 0 Å². The molecule has 1 aromatic rings. The van der Waals surface area contributed by atoms with E-state index in [1.54, 1.807) is 13.0 Å². The molecule has 0 spiro atoms. The molecule has 0 saturated carbocycles. The van der Waals surface area contributed by atoms with Crippen molar-refractivity contribution < 1.29 is 17.9 Å². The molecule has 7 heteroatoms. The summed E-state index contributed by atoms with van der Waals surface area (Å²) in [6.07, 6.45) is 1.04. The van der Waals surface area contributed by atoms with E-state index in [0.717, 1.165) is 6.42 Å². The fourth-order valence-corrected chi connectivity index (χ4v) is 3.25. The third-order valence-corrected chi connectivity index (χ3v) is 4.99. The fraction of sp³-hybridized carbons (Fsp3) is 0.500.